The lowest BCUT2D eigenvalue weighted by atomic mass is 10.3. The number of nitrogen functional groups attached to an aromatic ring is 1. The van der Waals surface area contributed by atoms with Crippen LogP contribution in [0.5, 0.6) is 5.75 Å². The first kappa shape index (κ1) is 11.1. The summed E-state index contributed by atoms with van der Waals surface area (Å²) in [4.78, 5) is 0. The van der Waals surface area contributed by atoms with Crippen LogP contribution in [0.1, 0.15) is 12.8 Å². The summed E-state index contributed by atoms with van der Waals surface area (Å²) >= 11 is 0. The van der Waals surface area contributed by atoms with Crippen LogP contribution in [0.4, 0.5) is 10.1 Å². The first-order valence-corrected chi connectivity index (χ1v) is 4.43. The monoisotopic (exact) mass is 217 g/mol. The Kier molecular flexibility index (Phi) is 3.58. The lowest BCUT2D eigenvalue weighted by Crippen LogP contribution is -2.01. The quantitative estimate of drug-likeness (QED) is 0.790. The smallest absolute Gasteiger partial charge is 0.167 e. The van der Waals surface area contributed by atoms with Crippen molar-refractivity contribution in [2.24, 2.45) is 5.92 Å². The van der Waals surface area contributed by atoms with E-state index in [1.165, 1.54) is 18.9 Å². The lowest BCUT2D eigenvalue weighted by molar-refractivity contribution is 0.285. The second kappa shape index (κ2) is 4.51. The molecule has 0 heterocycles. The maximum Gasteiger partial charge on any atom is 0.167 e. The molecule has 0 atom stereocenters. The molecule has 0 bridgehead atoms. The van der Waals surface area contributed by atoms with Crippen LogP contribution in [0, 0.1) is 11.7 Å². The van der Waals surface area contributed by atoms with Crippen LogP contribution >= 0.6 is 12.4 Å². The van der Waals surface area contributed by atoms with Gasteiger partial charge >= 0.3 is 0 Å². The van der Waals surface area contributed by atoms with Gasteiger partial charge in [-0.3, -0.25) is 0 Å². The van der Waals surface area contributed by atoms with E-state index in [0.717, 1.165) is 0 Å². The average Bonchev–Trinajstić information content (AvgIpc) is 2.86. The van der Waals surface area contributed by atoms with E-state index in [0.29, 0.717) is 24.0 Å². The van der Waals surface area contributed by atoms with Gasteiger partial charge in [0.05, 0.1) is 6.61 Å². The Morgan fingerprint density at radius 2 is 2.14 bits per heavy atom. The van der Waals surface area contributed by atoms with Crippen LogP contribution < -0.4 is 10.5 Å². The highest BCUT2D eigenvalue weighted by molar-refractivity contribution is 5.85. The second-order valence-electron chi connectivity index (χ2n) is 3.44. The van der Waals surface area contributed by atoms with Gasteiger partial charge in [-0.25, -0.2) is 4.39 Å². The molecule has 0 radical (unpaired) electrons. The molecule has 2 N–H and O–H groups in total. The van der Waals surface area contributed by atoms with Crippen LogP contribution in [0.25, 0.3) is 0 Å². The van der Waals surface area contributed by atoms with Gasteiger partial charge in [0.1, 0.15) is 0 Å². The number of rotatable bonds is 3. The van der Waals surface area contributed by atoms with Crippen molar-refractivity contribution in [1.82, 2.24) is 0 Å². The molecule has 1 aliphatic rings. The Bertz CT molecular complexity index is 315. The van der Waals surface area contributed by atoms with E-state index in [-0.39, 0.29) is 18.2 Å². The predicted molar refractivity (Wildman–Crippen MR) is 56.3 cm³/mol. The minimum absolute atomic E-state index is 0. The summed E-state index contributed by atoms with van der Waals surface area (Å²) in [5.41, 5.74) is 5.83. The van der Waals surface area contributed by atoms with Crippen molar-refractivity contribution < 1.29 is 9.13 Å². The summed E-state index contributed by atoms with van der Waals surface area (Å²) in [7, 11) is 0. The summed E-state index contributed by atoms with van der Waals surface area (Å²) in [6.45, 7) is 0.626. The Balaban J connectivity index is 0.000000980. The van der Waals surface area contributed by atoms with Gasteiger partial charge in [0.25, 0.3) is 0 Å². The summed E-state index contributed by atoms with van der Waals surface area (Å²) in [5, 5.41) is 0. The normalized spacial score (nSPS) is 14.6. The van der Waals surface area contributed by atoms with Gasteiger partial charge < -0.3 is 10.5 Å². The summed E-state index contributed by atoms with van der Waals surface area (Å²) < 4.78 is 18.4. The molecule has 0 amide bonds. The topological polar surface area (TPSA) is 35.2 Å². The Morgan fingerprint density at radius 1 is 1.43 bits per heavy atom. The summed E-state index contributed by atoms with van der Waals surface area (Å²) in [5.74, 6) is 0.568. The molecule has 1 aliphatic carbocycles. The molecule has 1 saturated carbocycles. The van der Waals surface area contributed by atoms with Gasteiger partial charge in [-0.1, -0.05) is 0 Å². The molecule has 0 aromatic heterocycles. The molecule has 2 rings (SSSR count). The zero-order valence-electron chi connectivity index (χ0n) is 7.70. The first-order valence-electron chi connectivity index (χ1n) is 4.43. The largest absolute Gasteiger partial charge is 0.490 e. The van der Waals surface area contributed by atoms with Crippen LogP contribution in [-0.2, 0) is 0 Å². The summed E-state index contributed by atoms with van der Waals surface area (Å²) in [6.07, 6.45) is 2.41. The standard InChI is InChI=1S/C10H12FNO.ClH/c11-9-5-8(12)3-4-10(9)13-6-7-1-2-7;/h3-5,7H,1-2,6,12H2;1H. The van der Waals surface area contributed by atoms with Gasteiger partial charge in [0, 0.05) is 11.8 Å². The Morgan fingerprint density at radius 3 is 2.71 bits per heavy atom. The number of halogens is 2. The van der Waals surface area contributed by atoms with E-state index in [1.54, 1.807) is 12.1 Å². The number of hydrogen-bond donors (Lipinski definition) is 1. The second-order valence-corrected chi connectivity index (χ2v) is 3.44. The molecule has 2 nitrogen and oxygen atoms in total. The maximum absolute atomic E-state index is 13.1. The van der Waals surface area contributed by atoms with E-state index >= 15 is 0 Å². The molecule has 1 aromatic rings. The number of anilines is 1. The van der Waals surface area contributed by atoms with Crippen molar-refractivity contribution in [2.45, 2.75) is 12.8 Å². The number of ether oxygens (including phenoxy) is 1. The third-order valence-corrected chi connectivity index (χ3v) is 2.13. The highest BCUT2D eigenvalue weighted by atomic mass is 35.5. The minimum Gasteiger partial charge on any atom is -0.490 e. The van der Waals surface area contributed by atoms with Gasteiger partial charge in [0.2, 0.25) is 0 Å². The molecule has 0 unspecified atom stereocenters. The van der Waals surface area contributed by atoms with Gasteiger partial charge in [-0.2, -0.15) is 0 Å². The van der Waals surface area contributed by atoms with Crippen molar-refractivity contribution in [3.8, 4) is 5.75 Å². The van der Waals surface area contributed by atoms with Crippen molar-refractivity contribution in [2.75, 3.05) is 12.3 Å². The molecular formula is C10H13ClFNO. The molecule has 1 fully saturated rings. The van der Waals surface area contributed by atoms with E-state index < -0.39 is 0 Å². The lowest BCUT2D eigenvalue weighted by Gasteiger charge is -2.06. The SMILES string of the molecule is Cl.Nc1ccc(OCC2CC2)c(F)c1. The van der Waals surface area contributed by atoms with E-state index in [1.807, 2.05) is 0 Å². The minimum atomic E-state index is -0.374. The van der Waals surface area contributed by atoms with Gasteiger partial charge in [0.15, 0.2) is 11.6 Å². The fourth-order valence-electron chi connectivity index (χ4n) is 1.13. The first-order chi connectivity index (χ1) is 6.25. The molecule has 4 heteroatoms. The molecule has 0 spiro atoms. The average molecular weight is 218 g/mol. The predicted octanol–water partition coefficient (Wildman–Crippen LogP) is 2.62. The Labute approximate surface area is 88.7 Å². The zero-order chi connectivity index (χ0) is 9.26. The third kappa shape index (κ3) is 2.77. The van der Waals surface area contributed by atoms with Crippen molar-refractivity contribution >= 4 is 18.1 Å². The maximum atomic E-state index is 13.1. The van der Waals surface area contributed by atoms with Crippen LogP contribution in [0.2, 0.25) is 0 Å². The molecule has 78 valence electrons. The zero-order valence-corrected chi connectivity index (χ0v) is 8.52. The van der Waals surface area contributed by atoms with Crippen LogP contribution in [0.15, 0.2) is 18.2 Å². The van der Waals surface area contributed by atoms with Crippen molar-refractivity contribution in [3.05, 3.63) is 24.0 Å². The van der Waals surface area contributed by atoms with Crippen molar-refractivity contribution in [3.63, 3.8) is 0 Å². The molecule has 14 heavy (non-hydrogen) atoms. The molecule has 0 aliphatic heterocycles. The van der Waals surface area contributed by atoms with Crippen LogP contribution in [0.3, 0.4) is 0 Å². The molecule has 0 saturated heterocycles. The number of benzene rings is 1. The fourth-order valence-corrected chi connectivity index (χ4v) is 1.13. The van der Waals surface area contributed by atoms with Gasteiger partial charge in [-0.15, -0.1) is 12.4 Å². The highest BCUT2D eigenvalue weighted by Crippen LogP contribution is 2.30. The van der Waals surface area contributed by atoms with Crippen molar-refractivity contribution in [1.29, 1.82) is 0 Å². The molecule has 1 aromatic carbocycles. The number of hydrogen-bond acceptors (Lipinski definition) is 2. The van der Waals surface area contributed by atoms with E-state index in [4.69, 9.17) is 10.5 Å². The van der Waals surface area contributed by atoms with E-state index in [9.17, 15) is 4.39 Å². The Hall–Kier alpha value is -0.960. The van der Waals surface area contributed by atoms with E-state index in [2.05, 4.69) is 0 Å². The number of nitrogens with two attached hydrogens (primary N) is 1. The fraction of sp³-hybridized carbons (Fsp3) is 0.400. The summed E-state index contributed by atoms with van der Waals surface area (Å²) in [6, 6.07) is 4.50. The third-order valence-electron chi connectivity index (χ3n) is 2.13. The molecular weight excluding hydrogens is 205 g/mol. The highest BCUT2D eigenvalue weighted by Gasteiger charge is 2.22. The van der Waals surface area contributed by atoms with Gasteiger partial charge in [-0.05, 0) is 30.9 Å². The van der Waals surface area contributed by atoms with Crippen LogP contribution in [-0.4, -0.2) is 6.61 Å².